The van der Waals surface area contributed by atoms with E-state index in [-0.39, 0.29) is 16.5 Å². The summed E-state index contributed by atoms with van der Waals surface area (Å²) in [5, 5.41) is 12.7. The largest absolute Gasteiger partial charge is 0.418 e. The maximum absolute atomic E-state index is 13.7. The number of halogens is 3. The SMILES string of the molecule is Cc1cscc1S(=O)(=O)/C(C#N)=C/c1cc(C(C)C)n(-c2ccccc2C(F)(F)F)c1C. The second-order valence-electron chi connectivity index (χ2n) is 7.66. The highest BCUT2D eigenvalue weighted by molar-refractivity contribution is 7.95. The molecule has 0 saturated carbocycles. The van der Waals surface area contributed by atoms with Gasteiger partial charge in [0.25, 0.3) is 0 Å². The standard InChI is InChI=1S/C23H21F3N2O2S2/c1-14(2)21-10-17(9-18(11-27)32(29,30)22-13-31-12-15(22)3)16(4)28(21)20-8-6-5-7-19(20)23(24,25)26/h5-10,12-14H,1-4H3/b18-9+. The topological polar surface area (TPSA) is 62.9 Å². The number of hydrogen-bond acceptors (Lipinski definition) is 4. The molecule has 0 aliphatic rings. The van der Waals surface area contributed by atoms with Gasteiger partial charge in [0, 0.05) is 16.8 Å². The Morgan fingerprint density at radius 2 is 1.84 bits per heavy atom. The summed E-state index contributed by atoms with van der Waals surface area (Å²) in [5.74, 6) is -0.154. The fraction of sp³-hybridized carbons (Fsp3) is 0.261. The summed E-state index contributed by atoms with van der Waals surface area (Å²) >= 11 is 1.22. The maximum Gasteiger partial charge on any atom is 0.418 e. The number of rotatable bonds is 5. The van der Waals surface area contributed by atoms with Crippen molar-refractivity contribution in [3.05, 3.63) is 74.1 Å². The highest BCUT2D eigenvalue weighted by Gasteiger charge is 2.34. The molecule has 3 aromatic rings. The van der Waals surface area contributed by atoms with E-state index in [0.29, 0.717) is 22.5 Å². The van der Waals surface area contributed by atoms with E-state index >= 15 is 0 Å². The molecule has 0 aliphatic heterocycles. The van der Waals surface area contributed by atoms with Crippen molar-refractivity contribution in [1.29, 1.82) is 5.26 Å². The van der Waals surface area contributed by atoms with Gasteiger partial charge < -0.3 is 4.57 Å². The molecule has 3 rings (SSSR count). The van der Waals surface area contributed by atoms with Crippen LogP contribution in [0.25, 0.3) is 11.8 Å². The summed E-state index contributed by atoms with van der Waals surface area (Å²) in [6, 6.07) is 8.63. The fourth-order valence-corrected chi connectivity index (χ4v) is 6.08. The molecule has 168 valence electrons. The van der Waals surface area contributed by atoms with Crippen LogP contribution in [0.5, 0.6) is 0 Å². The molecule has 9 heteroatoms. The van der Waals surface area contributed by atoms with Gasteiger partial charge in [0.1, 0.15) is 11.0 Å². The van der Waals surface area contributed by atoms with Crippen molar-refractivity contribution in [3.63, 3.8) is 0 Å². The number of thiophene rings is 1. The Hall–Kier alpha value is -2.83. The number of aryl methyl sites for hydroxylation is 1. The maximum atomic E-state index is 13.7. The Balaban J connectivity index is 2.26. The summed E-state index contributed by atoms with van der Waals surface area (Å²) in [6.45, 7) is 6.94. The van der Waals surface area contributed by atoms with Gasteiger partial charge in [-0.2, -0.15) is 29.8 Å². The smallest absolute Gasteiger partial charge is 0.317 e. The van der Waals surface area contributed by atoms with Crippen LogP contribution in [0.1, 0.15) is 47.8 Å². The first kappa shape index (κ1) is 23.8. The van der Waals surface area contributed by atoms with Crippen molar-refractivity contribution in [2.24, 2.45) is 0 Å². The van der Waals surface area contributed by atoms with Gasteiger partial charge in [-0.05, 0) is 60.5 Å². The normalized spacial score (nSPS) is 12.9. The number of sulfone groups is 1. The highest BCUT2D eigenvalue weighted by atomic mass is 32.2. The molecule has 2 heterocycles. The Morgan fingerprint density at radius 1 is 1.19 bits per heavy atom. The number of nitriles is 1. The van der Waals surface area contributed by atoms with E-state index in [1.807, 2.05) is 13.8 Å². The average Bonchev–Trinajstić information content (AvgIpc) is 3.29. The molecule has 0 unspecified atom stereocenters. The molecule has 0 amide bonds. The van der Waals surface area contributed by atoms with Crippen LogP contribution in [0.4, 0.5) is 13.2 Å². The molecule has 0 N–H and O–H groups in total. The minimum absolute atomic E-state index is 0.0455. The van der Waals surface area contributed by atoms with Crippen LogP contribution in [0.15, 0.2) is 50.9 Å². The van der Waals surface area contributed by atoms with E-state index in [0.717, 1.165) is 6.07 Å². The molecule has 1 aromatic carbocycles. The molecule has 4 nitrogen and oxygen atoms in total. The van der Waals surface area contributed by atoms with Gasteiger partial charge in [0.05, 0.1) is 16.1 Å². The summed E-state index contributed by atoms with van der Waals surface area (Å²) in [4.78, 5) is -0.405. The van der Waals surface area contributed by atoms with Gasteiger partial charge in [0.15, 0.2) is 0 Å². The van der Waals surface area contributed by atoms with Gasteiger partial charge in [-0.25, -0.2) is 8.42 Å². The molecule has 32 heavy (non-hydrogen) atoms. The predicted octanol–water partition coefficient (Wildman–Crippen LogP) is 6.64. The monoisotopic (exact) mass is 478 g/mol. The summed E-state index contributed by atoms with van der Waals surface area (Å²) in [6.07, 6.45) is -3.32. The van der Waals surface area contributed by atoms with Gasteiger partial charge >= 0.3 is 6.18 Å². The predicted molar refractivity (Wildman–Crippen MR) is 119 cm³/mol. The van der Waals surface area contributed by atoms with Crippen molar-refractivity contribution in [2.45, 2.75) is 44.7 Å². The van der Waals surface area contributed by atoms with Crippen LogP contribution < -0.4 is 0 Å². The number of allylic oxidation sites excluding steroid dienone is 1. The van der Waals surface area contributed by atoms with Crippen LogP contribution in [0.2, 0.25) is 0 Å². The summed E-state index contributed by atoms with van der Waals surface area (Å²) in [7, 11) is -4.05. The first-order chi connectivity index (χ1) is 14.9. The van der Waals surface area contributed by atoms with Crippen LogP contribution in [-0.2, 0) is 16.0 Å². The lowest BCUT2D eigenvalue weighted by atomic mass is 10.1. The number of para-hydroxylation sites is 1. The zero-order chi connectivity index (χ0) is 23.8. The summed E-state index contributed by atoms with van der Waals surface area (Å²) < 4.78 is 68.5. The minimum Gasteiger partial charge on any atom is -0.317 e. The average molecular weight is 479 g/mol. The molecular formula is C23H21F3N2O2S2. The minimum atomic E-state index is -4.56. The second-order valence-corrected chi connectivity index (χ2v) is 10.3. The fourth-order valence-electron chi connectivity index (χ4n) is 3.50. The van der Waals surface area contributed by atoms with Crippen molar-refractivity contribution in [1.82, 2.24) is 4.57 Å². The third-order valence-electron chi connectivity index (χ3n) is 5.14. The Morgan fingerprint density at radius 3 is 2.38 bits per heavy atom. The van der Waals surface area contributed by atoms with E-state index in [2.05, 4.69) is 0 Å². The van der Waals surface area contributed by atoms with Crippen molar-refractivity contribution in [3.8, 4) is 11.8 Å². The van der Waals surface area contributed by atoms with Crippen LogP contribution in [0, 0.1) is 25.2 Å². The zero-order valence-electron chi connectivity index (χ0n) is 17.9. The number of hydrogen-bond donors (Lipinski definition) is 0. The Labute approximate surface area is 189 Å². The Bertz CT molecular complexity index is 1340. The van der Waals surface area contributed by atoms with Gasteiger partial charge in [-0.3, -0.25) is 0 Å². The molecule has 0 aliphatic carbocycles. The van der Waals surface area contributed by atoms with Crippen molar-refractivity contribution < 1.29 is 21.6 Å². The third kappa shape index (κ3) is 4.25. The first-order valence-corrected chi connectivity index (χ1v) is 12.1. The van der Waals surface area contributed by atoms with Crippen molar-refractivity contribution in [2.75, 3.05) is 0 Å². The van der Waals surface area contributed by atoms with E-state index in [4.69, 9.17) is 0 Å². The van der Waals surface area contributed by atoms with Crippen LogP contribution in [-0.4, -0.2) is 13.0 Å². The molecule has 0 atom stereocenters. The highest BCUT2D eigenvalue weighted by Crippen LogP contribution is 2.37. The molecule has 0 fully saturated rings. The van der Waals surface area contributed by atoms with E-state index in [1.54, 1.807) is 31.4 Å². The lowest BCUT2D eigenvalue weighted by molar-refractivity contribution is -0.137. The third-order valence-corrected chi connectivity index (χ3v) is 7.96. The van der Waals surface area contributed by atoms with E-state index in [9.17, 15) is 26.9 Å². The Kier molecular flexibility index (Phi) is 6.40. The number of benzene rings is 1. The number of nitrogens with zero attached hydrogens (tertiary/aromatic N) is 2. The molecule has 0 radical (unpaired) electrons. The lowest BCUT2D eigenvalue weighted by Crippen LogP contribution is -2.13. The van der Waals surface area contributed by atoms with Gasteiger partial charge in [-0.1, -0.05) is 26.0 Å². The van der Waals surface area contributed by atoms with E-state index in [1.165, 1.54) is 45.6 Å². The van der Waals surface area contributed by atoms with Crippen molar-refractivity contribution >= 4 is 27.3 Å². The van der Waals surface area contributed by atoms with Crippen LogP contribution >= 0.6 is 11.3 Å². The molecule has 0 saturated heterocycles. The number of alkyl halides is 3. The van der Waals surface area contributed by atoms with Crippen LogP contribution in [0.3, 0.4) is 0 Å². The lowest BCUT2D eigenvalue weighted by Gasteiger charge is -2.19. The first-order valence-electron chi connectivity index (χ1n) is 9.68. The quantitative estimate of drug-likeness (QED) is 0.386. The zero-order valence-corrected chi connectivity index (χ0v) is 19.5. The van der Waals surface area contributed by atoms with Gasteiger partial charge in [0.2, 0.25) is 9.84 Å². The molecule has 0 bridgehead atoms. The van der Waals surface area contributed by atoms with Gasteiger partial charge in [-0.15, -0.1) is 0 Å². The molecule has 2 aromatic heterocycles. The summed E-state index contributed by atoms with van der Waals surface area (Å²) in [5.41, 5.74) is 1.06. The second kappa shape index (κ2) is 8.60. The number of aromatic nitrogens is 1. The molecular weight excluding hydrogens is 457 g/mol. The van der Waals surface area contributed by atoms with E-state index < -0.39 is 26.5 Å². The molecule has 0 spiro atoms.